The molecule has 1 aliphatic rings. The molecule has 0 saturated carbocycles. The summed E-state index contributed by atoms with van der Waals surface area (Å²) in [6.45, 7) is 4.90. The average Bonchev–Trinajstić information content (AvgIpc) is 3.18. The Balaban J connectivity index is 1.40. The first-order chi connectivity index (χ1) is 12.7. The smallest absolute Gasteiger partial charge is 0.241 e. The Morgan fingerprint density at radius 3 is 2.50 bits per heavy atom. The molecule has 0 radical (unpaired) electrons. The van der Waals surface area contributed by atoms with Crippen LogP contribution in [0.3, 0.4) is 0 Å². The lowest BCUT2D eigenvalue weighted by atomic mass is 10.1. The fourth-order valence-corrected chi connectivity index (χ4v) is 3.41. The second-order valence-corrected chi connectivity index (χ2v) is 6.66. The quantitative estimate of drug-likeness (QED) is 0.729. The van der Waals surface area contributed by atoms with E-state index in [2.05, 4.69) is 47.3 Å². The van der Waals surface area contributed by atoms with Crippen molar-refractivity contribution in [2.45, 2.75) is 13.5 Å². The van der Waals surface area contributed by atoms with Gasteiger partial charge in [0.15, 0.2) is 0 Å². The summed E-state index contributed by atoms with van der Waals surface area (Å²) in [4.78, 5) is 16.7. The first-order valence-electron chi connectivity index (χ1n) is 8.88. The minimum Gasteiger partial charge on any atom is -0.310 e. The van der Waals surface area contributed by atoms with Gasteiger partial charge in [0.05, 0.1) is 12.2 Å². The molecule has 4 rings (SSSR count). The van der Waals surface area contributed by atoms with Crippen LogP contribution < -0.4 is 4.90 Å². The molecular formula is C21H22N4O. The minimum atomic E-state index is 0.165. The fourth-order valence-electron chi connectivity index (χ4n) is 3.41. The van der Waals surface area contributed by atoms with Gasteiger partial charge in [-0.15, -0.1) is 0 Å². The molecule has 5 heteroatoms. The van der Waals surface area contributed by atoms with Gasteiger partial charge in [-0.2, -0.15) is 5.10 Å². The maximum atomic E-state index is 12.6. The van der Waals surface area contributed by atoms with E-state index in [1.807, 2.05) is 40.0 Å². The van der Waals surface area contributed by atoms with Gasteiger partial charge in [0.25, 0.3) is 0 Å². The molecule has 1 amide bonds. The summed E-state index contributed by atoms with van der Waals surface area (Å²) >= 11 is 0. The van der Waals surface area contributed by atoms with Crippen LogP contribution in [0.2, 0.25) is 0 Å². The summed E-state index contributed by atoms with van der Waals surface area (Å²) in [5, 5.41) is 4.24. The summed E-state index contributed by atoms with van der Waals surface area (Å²) in [7, 11) is 0. The molecule has 26 heavy (non-hydrogen) atoms. The van der Waals surface area contributed by atoms with E-state index < -0.39 is 0 Å². The lowest BCUT2D eigenvalue weighted by molar-refractivity contribution is -0.121. The zero-order valence-electron chi connectivity index (χ0n) is 14.9. The average molecular weight is 346 g/mol. The number of piperazine rings is 1. The number of aryl methyl sites for hydroxylation is 1. The largest absolute Gasteiger partial charge is 0.310 e. The lowest BCUT2D eigenvalue weighted by Crippen LogP contribution is -2.50. The molecule has 0 bridgehead atoms. The van der Waals surface area contributed by atoms with Crippen LogP contribution in [0.15, 0.2) is 67.0 Å². The second-order valence-electron chi connectivity index (χ2n) is 6.66. The third-order valence-electron chi connectivity index (χ3n) is 4.82. The van der Waals surface area contributed by atoms with Crippen LogP contribution in [0.25, 0.3) is 5.69 Å². The van der Waals surface area contributed by atoms with Gasteiger partial charge < -0.3 is 4.90 Å². The molecule has 0 unspecified atom stereocenters. The molecule has 1 fully saturated rings. The van der Waals surface area contributed by atoms with E-state index in [9.17, 15) is 4.79 Å². The monoisotopic (exact) mass is 346 g/mol. The Hall–Kier alpha value is -2.92. The van der Waals surface area contributed by atoms with Gasteiger partial charge in [0.1, 0.15) is 0 Å². The van der Waals surface area contributed by atoms with Gasteiger partial charge in [-0.1, -0.05) is 30.3 Å². The van der Waals surface area contributed by atoms with Gasteiger partial charge >= 0.3 is 0 Å². The van der Waals surface area contributed by atoms with Crippen molar-refractivity contribution in [2.75, 3.05) is 24.5 Å². The van der Waals surface area contributed by atoms with Crippen molar-refractivity contribution in [1.82, 2.24) is 14.7 Å². The molecule has 5 nitrogen and oxygen atoms in total. The van der Waals surface area contributed by atoms with Crippen molar-refractivity contribution in [3.8, 4) is 5.69 Å². The normalized spacial score (nSPS) is 15.4. The predicted octanol–water partition coefficient (Wildman–Crippen LogP) is 3.03. The topological polar surface area (TPSA) is 41.4 Å². The van der Waals surface area contributed by atoms with E-state index in [1.165, 1.54) is 5.56 Å². The van der Waals surface area contributed by atoms with Crippen molar-refractivity contribution in [1.29, 1.82) is 0 Å². The Kier molecular flexibility index (Phi) is 4.54. The Morgan fingerprint density at radius 2 is 1.81 bits per heavy atom. The van der Waals surface area contributed by atoms with E-state index in [-0.39, 0.29) is 5.91 Å². The molecule has 0 atom stereocenters. The van der Waals surface area contributed by atoms with Crippen LogP contribution in [0.4, 0.5) is 5.69 Å². The number of nitrogens with zero attached hydrogens (tertiary/aromatic N) is 4. The van der Waals surface area contributed by atoms with Crippen LogP contribution in [0.5, 0.6) is 0 Å². The van der Waals surface area contributed by atoms with E-state index in [4.69, 9.17) is 0 Å². The standard InChI is InChI=1S/C21H22N4O/c1-17-5-2-3-6-20(17)24-14-13-23(16-21(24)26)15-18-7-9-19(10-8-18)25-12-4-11-22-25/h2-12H,13-16H2,1H3. The molecule has 1 aliphatic heterocycles. The number of anilines is 1. The van der Waals surface area contributed by atoms with Crippen molar-refractivity contribution in [3.05, 3.63) is 78.1 Å². The van der Waals surface area contributed by atoms with Crippen LogP contribution >= 0.6 is 0 Å². The first-order valence-corrected chi connectivity index (χ1v) is 8.88. The summed E-state index contributed by atoms with van der Waals surface area (Å²) in [5.74, 6) is 0.165. The Bertz CT molecular complexity index is 887. The number of carbonyl (C=O) groups excluding carboxylic acids is 1. The summed E-state index contributed by atoms with van der Waals surface area (Å²) in [5.41, 5.74) is 4.42. The highest BCUT2D eigenvalue weighted by atomic mass is 16.2. The Morgan fingerprint density at radius 1 is 1.00 bits per heavy atom. The number of benzene rings is 2. The van der Waals surface area contributed by atoms with Gasteiger partial charge in [-0.25, -0.2) is 4.68 Å². The molecular weight excluding hydrogens is 324 g/mol. The molecule has 3 aromatic rings. The molecule has 0 N–H and O–H groups in total. The summed E-state index contributed by atoms with van der Waals surface area (Å²) < 4.78 is 1.84. The number of hydrogen-bond donors (Lipinski definition) is 0. The molecule has 132 valence electrons. The number of aromatic nitrogens is 2. The molecule has 2 heterocycles. The molecule has 2 aromatic carbocycles. The maximum Gasteiger partial charge on any atom is 0.241 e. The summed E-state index contributed by atoms with van der Waals surface area (Å²) in [6, 6.07) is 18.3. The molecule has 1 saturated heterocycles. The first kappa shape index (κ1) is 16.5. The Labute approximate surface area is 153 Å². The summed E-state index contributed by atoms with van der Waals surface area (Å²) in [6.07, 6.45) is 3.70. The highest BCUT2D eigenvalue weighted by Gasteiger charge is 2.25. The highest BCUT2D eigenvalue weighted by Crippen LogP contribution is 2.22. The number of para-hydroxylation sites is 1. The van der Waals surface area contributed by atoms with Crippen molar-refractivity contribution in [3.63, 3.8) is 0 Å². The van der Waals surface area contributed by atoms with Crippen molar-refractivity contribution < 1.29 is 4.79 Å². The zero-order chi connectivity index (χ0) is 17.9. The number of rotatable bonds is 4. The third kappa shape index (κ3) is 3.39. The van der Waals surface area contributed by atoms with E-state index in [1.54, 1.807) is 6.20 Å². The van der Waals surface area contributed by atoms with Gasteiger partial charge in [0.2, 0.25) is 5.91 Å². The van der Waals surface area contributed by atoms with Crippen LogP contribution in [0.1, 0.15) is 11.1 Å². The molecule has 0 aliphatic carbocycles. The van der Waals surface area contributed by atoms with E-state index >= 15 is 0 Å². The molecule has 0 spiro atoms. The molecule has 1 aromatic heterocycles. The lowest BCUT2D eigenvalue weighted by Gasteiger charge is -2.35. The second kappa shape index (κ2) is 7.14. The van der Waals surface area contributed by atoms with E-state index in [0.29, 0.717) is 6.54 Å². The number of amides is 1. The maximum absolute atomic E-state index is 12.6. The zero-order valence-corrected chi connectivity index (χ0v) is 14.9. The number of hydrogen-bond acceptors (Lipinski definition) is 3. The van der Waals surface area contributed by atoms with E-state index in [0.717, 1.165) is 36.6 Å². The van der Waals surface area contributed by atoms with Gasteiger partial charge in [-0.3, -0.25) is 9.69 Å². The van der Waals surface area contributed by atoms with Crippen LogP contribution in [-0.2, 0) is 11.3 Å². The van der Waals surface area contributed by atoms with Crippen molar-refractivity contribution in [2.24, 2.45) is 0 Å². The third-order valence-corrected chi connectivity index (χ3v) is 4.82. The predicted molar refractivity (Wildman–Crippen MR) is 102 cm³/mol. The fraction of sp³-hybridized carbons (Fsp3) is 0.238. The van der Waals surface area contributed by atoms with Crippen molar-refractivity contribution >= 4 is 11.6 Å². The highest BCUT2D eigenvalue weighted by molar-refractivity contribution is 5.96. The SMILES string of the molecule is Cc1ccccc1N1CCN(Cc2ccc(-n3cccn3)cc2)CC1=O. The van der Waals surface area contributed by atoms with Gasteiger partial charge in [-0.05, 0) is 42.3 Å². The van der Waals surface area contributed by atoms with Crippen LogP contribution in [0, 0.1) is 6.92 Å². The van der Waals surface area contributed by atoms with Gasteiger partial charge in [0, 0.05) is 37.7 Å². The van der Waals surface area contributed by atoms with Crippen LogP contribution in [-0.4, -0.2) is 40.2 Å². The number of carbonyl (C=O) groups is 1. The minimum absolute atomic E-state index is 0.165.